The van der Waals surface area contributed by atoms with E-state index in [1.54, 1.807) is 18.3 Å². The molecule has 0 aliphatic heterocycles. The lowest BCUT2D eigenvalue weighted by Gasteiger charge is -2.11. The average Bonchev–Trinajstić information content (AvgIpc) is 2.54. The number of pyridine rings is 1. The molecule has 0 amide bonds. The van der Waals surface area contributed by atoms with Gasteiger partial charge in [0.1, 0.15) is 5.75 Å². The van der Waals surface area contributed by atoms with Gasteiger partial charge in [0.05, 0.1) is 0 Å². The van der Waals surface area contributed by atoms with Gasteiger partial charge in [-0.15, -0.1) is 0 Å². The van der Waals surface area contributed by atoms with Gasteiger partial charge in [-0.2, -0.15) is 0 Å². The summed E-state index contributed by atoms with van der Waals surface area (Å²) in [4.78, 5) is 15.4. The molecule has 4 nitrogen and oxygen atoms in total. The zero-order valence-electron chi connectivity index (χ0n) is 14.9. The van der Waals surface area contributed by atoms with Crippen molar-refractivity contribution in [1.29, 1.82) is 0 Å². The molecular weight excluding hydrogens is 300 g/mol. The van der Waals surface area contributed by atoms with E-state index in [0.29, 0.717) is 11.4 Å². The number of aromatic nitrogens is 1. The molecule has 0 bridgehead atoms. The average molecular weight is 326 g/mol. The van der Waals surface area contributed by atoms with Crippen LogP contribution in [0.25, 0.3) is 0 Å². The predicted molar refractivity (Wildman–Crippen MR) is 96.7 cm³/mol. The smallest absolute Gasteiger partial charge is 0.219 e. The molecule has 0 unspecified atom stereocenters. The van der Waals surface area contributed by atoms with Crippen LogP contribution in [0.3, 0.4) is 0 Å². The van der Waals surface area contributed by atoms with Crippen molar-refractivity contribution in [2.24, 2.45) is 5.92 Å². The highest BCUT2D eigenvalue weighted by Crippen LogP contribution is 2.24. The highest BCUT2D eigenvalue weighted by molar-refractivity contribution is 5.93. The van der Waals surface area contributed by atoms with E-state index in [0.717, 1.165) is 30.3 Å². The first-order chi connectivity index (χ1) is 11.5. The quantitative estimate of drug-likeness (QED) is 0.572. The molecule has 1 N–H and O–H groups in total. The van der Waals surface area contributed by atoms with Gasteiger partial charge in [0.25, 0.3) is 0 Å². The number of nitrogens with zero attached hydrogens (tertiary/aromatic N) is 1. The minimum absolute atomic E-state index is 0.000416. The minimum atomic E-state index is -0.000416. The summed E-state index contributed by atoms with van der Waals surface area (Å²) in [7, 11) is 0. The molecule has 0 saturated heterocycles. The second-order valence-corrected chi connectivity index (χ2v) is 6.50. The van der Waals surface area contributed by atoms with Crippen molar-refractivity contribution >= 4 is 5.78 Å². The van der Waals surface area contributed by atoms with Gasteiger partial charge in [-0.3, -0.25) is 4.79 Å². The number of carbonyl (C=O) groups excluding carboxylic acids is 1. The maximum absolute atomic E-state index is 11.3. The number of aryl methyl sites for hydroxylation is 1. The van der Waals surface area contributed by atoms with Gasteiger partial charge in [0.15, 0.2) is 5.78 Å². The second kappa shape index (κ2) is 8.60. The van der Waals surface area contributed by atoms with E-state index in [9.17, 15) is 4.79 Å². The molecule has 0 aliphatic rings. The fraction of sp³-hybridized carbons (Fsp3) is 0.400. The van der Waals surface area contributed by atoms with Crippen molar-refractivity contribution in [3.63, 3.8) is 0 Å². The Morgan fingerprint density at radius 2 is 2.04 bits per heavy atom. The molecule has 4 heteroatoms. The molecule has 24 heavy (non-hydrogen) atoms. The summed E-state index contributed by atoms with van der Waals surface area (Å²) in [5, 5.41) is 3.46. The third-order valence-electron chi connectivity index (χ3n) is 3.82. The number of nitrogens with one attached hydrogen (secondary N) is 1. The van der Waals surface area contributed by atoms with E-state index in [2.05, 4.69) is 36.3 Å². The van der Waals surface area contributed by atoms with Gasteiger partial charge < -0.3 is 10.1 Å². The van der Waals surface area contributed by atoms with E-state index in [1.807, 2.05) is 13.0 Å². The summed E-state index contributed by atoms with van der Waals surface area (Å²) in [5.74, 6) is 1.99. The summed E-state index contributed by atoms with van der Waals surface area (Å²) >= 11 is 0. The standard InChI is InChI=1S/C20H26N2O2/c1-14(2)9-10-21-12-17-5-7-19(15(3)11-17)24-20-8-6-18(13-22-20)16(4)23/h5-8,11,13-14,21H,9-10,12H2,1-4H3. The van der Waals surface area contributed by atoms with Crippen LogP contribution in [-0.2, 0) is 6.54 Å². The number of ketones is 1. The van der Waals surface area contributed by atoms with Gasteiger partial charge in [0.2, 0.25) is 5.88 Å². The Morgan fingerprint density at radius 3 is 2.62 bits per heavy atom. The molecule has 2 aromatic rings. The summed E-state index contributed by atoms with van der Waals surface area (Å²) in [6, 6.07) is 9.61. The number of hydrogen-bond acceptors (Lipinski definition) is 4. The Labute approximate surface area is 144 Å². The number of ether oxygens (including phenoxy) is 1. The Hall–Kier alpha value is -2.20. The number of rotatable bonds is 8. The Balaban J connectivity index is 1.95. The normalized spacial score (nSPS) is 10.9. The zero-order valence-corrected chi connectivity index (χ0v) is 14.9. The SMILES string of the molecule is CC(=O)c1ccc(Oc2ccc(CNCCC(C)C)cc2C)nc1. The van der Waals surface area contributed by atoms with Gasteiger partial charge in [-0.05, 0) is 56.0 Å². The van der Waals surface area contributed by atoms with Gasteiger partial charge in [0, 0.05) is 24.4 Å². The van der Waals surface area contributed by atoms with Gasteiger partial charge in [-0.1, -0.05) is 26.0 Å². The maximum atomic E-state index is 11.3. The Bertz CT molecular complexity index is 679. The van der Waals surface area contributed by atoms with Crippen molar-refractivity contribution in [1.82, 2.24) is 10.3 Å². The molecule has 1 heterocycles. The molecule has 0 radical (unpaired) electrons. The van der Waals surface area contributed by atoms with Gasteiger partial charge in [-0.25, -0.2) is 4.98 Å². The van der Waals surface area contributed by atoms with Gasteiger partial charge >= 0.3 is 0 Å². The Morgan fingerprint density at radius 1 is 1.25 bits per heavy atom. The second-order valence-electron chi connectivity index (χ2n) is 6.50. The molecule has 0 fully saturated rings. The maximum Gasteiger partial charge on any atom is 0.219 e. The third kappa shape index (κ3) is 5.46. The summed E-state index contributed by atoms with van der Waals surface area (Å²) in [5.41, 5.74) is 2.89. The van der Waals surface area contributed by atoms with Crippen LogP contribution in [0, 0.1) is 12.8 Å². The van der Waals surface area contributed by atoms with E-state index in [1.165, 1.54) is 18.9 Å². The number of hydrogen-bond donors (Lipinski definition) is 1. The molecule has 0 spiro atoms. The van der Waals surface area contributed by atoms with Crippen LogP contribution < -0.4 is 10.1 Å². The predicted octanol–water partition coefficient (Wildman–Crippen LogP) is 4.52. The lowest BCUT2D eigenvalue weighted by molar-refractivity contribution is 0.101. The first-order valence-corrected chi connectivity index (χ1v) is 8.41. The van der Waals surface area contributed by atoms with Crippen LogP contribution >= 0.6 is 0 Å². The number of benzene rings is 1. The summed E-state index contributed by atoms with van der Waals surface area (Å²) in [6.45, 7) is 9.90. The van der Waals surface area contributed by atoms with Crippen molar-refractivity contribution < 1.29 is 9.53 Å². The lowest BCUT2D eigenvalue weighted by Crippen LogP contribution is -2.16. The number of carbonyl (C=O) groups is 1. The fourth-order valence-corrected chi connectivity index (χ4v) is 2.32. The van der Waals surface area contributed by atoms with Crippen molar-refractivity contribution in [3.8, 4) is 11.6 Å². The highest BCUT2D eigenvalue weighted by Gasteiger charge is 2.06. The molecule has 0 saturated carbocycles. The monoisotopic (exact) mass is 326 g/mol. The molecular formula is C20H26N2O2. The van der Waals surface area contributed by atoms with Crippen LogP contribution in [0.15, 0.2) is 36.5 Å². The third-order valence-corrected chi connectivity index (χ3v) is 3.82. The Kier molecular flexibility index (Phi) is 6.50. The van der Waals surface area contributed by atoms with Crippen LogP contribution in [0.2, 0.25) is 0 Å². The van der Waals surface area contributed by atoms with E-state index in [4.69, 9.17) is 4.74 Å². The van der Waals surface area contributed by atoms with Crippen molar-refractivity contribution in [2.75, 3.05) is 6.54 Å². The summed E-state index contributed by atoms with van der Waals surface area (Å²) < 4.78 is 5.81. The largest absolute Gasteiger partial charge is 0.439 e. The fourth-order valence-electron chi connectivity index (χ4n) is 2.32. The van der Waals surface area contributed by atoms with E-state index in [-0.39, 0.29) is 5.78 Å². The zero-order chi connectivity index (χ0) is 17.5. The lowest BCUT2D eigenvalue weighted by atomic mass is 10.1. The molecule has 1 aromatic carbocycles. The number of Topliss-reactive ketones (excluding diaryl/α,β-unsaturated/α-hetero) is 1. The minimum Gasteiger partial charge on any atom is -0.439 e. The molecule has 128 valence electrons. The molecule has 0 atom stereocenters. The van der Waals surface area contributed by atoms with Crippen LogP contribution in [0.4, 0.5) is 0 Å². The van der Waals surface area contributed by atoms with Crippen LogP contribution in [0.5, 0.6) is 11.6 Å². The van der Waals surface area contributed by atoms with Crippen molar-refractivity contribution in [2.45, 2.75) is 40.7 Å². The highest BCUT2D eigenvalue weighted by atomic mass is 16.5. The van der Waals surface area contributed by atoms with E-state index >= 15 is 0 Å². The summed E-state index contributed by atoms with van der Waals surface area (Å²) in [6.07, 6.45) is 2.72. The molecule has 2 rings (SSSR count). The molecule has 1 aromatic heterocycles. The molecule has 0 aliphatic carbocycles. The van der Waals surface area contributed by atoms with Crippen LogP contribution in [0.1, 0.15) is 48.7 Å². The first kappa shape index (κ1) is 18.1. The topological polar surface area (TPSA) is 51.2 Å². The van der Waals surface area contributed by atoms with Crippen molar-refractivity contribution in [3.05, 3.63) is 53.2 Å². The van der Waals surface area contributed by atoms with Crippen LogP contribution in [-0.4, -0.2) is 17.3 Å². The first-order valence-electron chi connectivity index (χ1n) is 8.41. The van der Waals surface area contributed by atoms with E-state index < -0.39 is 0 Å².